The van der Waals surface area contributed by atoms with Crippen molar-refractivity contribution >= 4 is 17.1 Å². The molecule has 246 valence electrons. The molecule has 1 aliphatic heterocycles. The molecule has 0 aliphatic carbocycles. The normalized spacial score (nSPS) is 14.8. The minimum atomic E-state index is -0.568. The number of rotatable bonds is 16. The van der Waals surface area contributed by atoms with Crippen molar-refractivity contribution in [2.75, 3.05) is 19.7 Å². The van der Waals surface area contributed by atoms with Gasteiger partial charge in [-0.25, -0.2) is 9.78 Å². The Kier molecular flexibility index (Phi) is 11.7. The van der Waals surface area contributed by atoms with Gasteiger partial charge in [-0.3, -0.25) is 4.68 Å². The van der Waals surface area contributed by atoms with Gasteiger partial charge in [0, 0.05) is 36.1 Å². The van der Waals surface area contributed by atoms with E-state index in [1.165, 1.54) is 57.8 Å². The molecule has 3 aromatic rings. The topological polar surface area (TPSA) is 98.2 Å². The highest BCUT2D eigenvalue weighted by atomic mass is 16.6. The first-order valence-electron chi connectivity index (χ1n) is 16.8. The van der Waals surface area contributed by atoms with Gasteiger partial charge in [-0.15, -0.1) is 0 Å². The number of aromatic nitrogens is 4. The van der Waals surface area contributed by atoms with E-state index < -0.39 is 11.1 Å². The maximum atomic E-state index is 12.5. The van der Waals surface area contributed by atoms with E-state index in [4.69, 9.17) is 9.47 Å². The summed E-state index contributed by atoms with van der Waals surface area (Å²) in [6, 6.07) is 6.35. The van der Waals surface area contributed by atoms with Crippen LogP contribution in [0.25, 0.3) is 22.2 Å². The fraction of sp³-hybridized carbons (Fsp3) is 0.667. The number of fused-ring (bicyclic) bond motifs is 1. The number of carbonyl (C=O) groups excluding carboxylic acids is 1. The number of carbonyl (C=O) groups is 1. The standard InChI is InChI=1S/C36H54N6O3/c1-34(2,3)18-14-12-10-8-7-9-11-13-15-23-44-28-40-22-17-31-30(16-21-38-32(31)40)29-24-39-42(25-29)36(19-20-37)26-41(27-36)33(43)45-35(4,5)6/h16-17,21-22,24-25H,7-15,18-19,23,26-28H2,1-6H3. The van der Waals surface area contributed by atoms with Crippen molar-refractivity contribution in [3.63, 3.8) is 0 Å². The van der Waals surface area contributed by atoms with Crippen molar-refractivity contribution in [2.45, 2.75) is 130 Å². The predicted molar refractivity (Wildman–Crippen MR) is 179 cm³/mol. The lowest BCUT2D eigenvalue weighted by Crippen LogP contribution is -2.64. The lowest BCUT2D eigenvalue weighted by Gasteiger charge is -2.48. The number of hydrogen-bond acceptors (Lipinski definition) is 6. The number of pyridine rings is 1. The van der Waals surface area contributed by atoms with E-state index in [2.05, 4.69) is 43.0 Å². The van der Waals surface area contributed by atoms with E-state index in [-0.39, 0.29) is 12.5 Å². The second-order valence-electron chi connectivity index (χ2n) is 15.0. The van der Waals surface area contributed by atoms with Gasteiger partial charge in [0.1, 0.15) is 23.5 Å². The molecule has 1 fully saturated rings. The fourth-order valence-electron chi connectivity index (χ4n) is 6.03. The van der Waals surface area contributed by atoms with Crippen LogP contribution in [0.2, 0.25) is 0 Å². The first-order chi connectivity index (χ1) is 21.4. The number of nitriles is 1. The quantitative estimate of drug-likeness (QED) is 0.149. The average molecular weight is 619 g/mol. The van der Waals surface area contributed by atoms with Crippen LogP contribution in [0.1, 0.15) is 112 Å². The minimum Gasteiger partial charge on any atom is -0.444 e. The molecule has 1 aliphatic rings. The molecular formula is C36H54N6O3. The maximum absolute atomic E-state index is 12.5. The SMILES string of the molecule is CC(C)(C)CCCCCCCCCCCOCn1ccc2c(-c3cnn(C4(CC#N)CN(C(=O)OC(C)(C)C)C4)c3)ccnc21. The number of likely N-dealkylation sites (tertiary alicyclic amines) is 1. The highest BCUT2D eigenvalue weighted by molar-refractivity contribution is 5.92. The molecule has 0 aromatic carbocycles. The van der Waals surface area contributed by atoms with Gasteiger partial charge in [-0.1, -0.05) is 72.1 Å². The van der Waals surface area contributed by atoms with Crippen LogP contribution in [-0.2, 0) is 21.7 Å². The van der Waals surface area contributed by atoms with Crippen molar-refractivity contribution in [1.82, 2.24) is 24.2 Å². The van der Waals surface area contributed by atoms with E-state index >= 15 is 0 Å². The van der Waals surface area contributed by atoms with E-state index in [0.29, 0.717) is 25.2 Å². The number of amides is 1. The largest absolute Gasteiger partial charge is 0.444 e. The lowest BCUT2D eigenvalue weighted by atomic mass is 9.87. The zero-order valence-corrected chi connectivity index (χ0v) is 28.5. The monoisotopic (exact) mass is 618 g/mol. The van der Waals surface area contributed by atoms with Gasteiger partial charge in [0.15, 0.2) is 0 Å². The van der Waals surface area contributed by atoms with Gasteiger partial charge in [-0.05, 0) is 56.7 Å². The van der Waals surface area contributed by atoms with Crippen LogP contribution in [0.4, 0.5) is 4.79 Å². The number of ether oxygens (including phenoxy) is 2. The molecule has 0 atom stereocenters. The second kappa shape index (κ2) is 15.3. The van der Waals surface area contributed by atoms with Crippen molar-refractivity contribution in [3.8, 4) is 17.2 Å². The van der Waals surface area contributed by atoms with Gasteiger partial charge in [-0.2, -0.15) is 10.4 Å². The molecule has 9 nitrogen and oxygen atoms in total. The number of hydrogen-bond donors (Lipinski definition) is 0. The lowest BCUT2D eigenvalue weighted by molar-refractivity contribution is -0.0314. The van der Waals surface area contributed by atoms with Crippen LogP contribution in [0.15, 0.2) is 36.9 Å². The Hall–Kier alpha value is -3.38. The minimum absolute atomic E-state index is 0.255. The Morgan fingerprint density at radius 1 is 0.978 bits per heavy atom. The van der Waals surface area contributed by atoms with Crippen LogP contribution >= 0.6 is 0 Å². The van der Waals surface area contributed by atoms with Crippen LogP contribution in [-0.4, -0.2) is 55.6 Å². The maximum Gasteiger partial charge on any atom is 0.410 e. The molecule has 4 rings (SSSR count). The first kappa shape index (κ1) is 34.5. The molecule has 1 saturated heterocycles. The van der Waals surface area contributed by atoms with Crippen LogP contribution in [0.3, 0.4) is 0 Å². The molecule has 0 spiro atoms. The Balaban J connectivity index is 1.22. The van der Waals surface area contributed by atoms with E-state index in [1.807, 2.05) is 60.9 Å². The highest BCUT2D eigenvalue weighted by Gasteiger charge is 2.48. The van der Waals surface area contributed by atoms with Crippen molar-refractivity contribution in [3.05, 3.63) is 36.9 Å². The molecule has 1 amide bonds. The van der Waals surface area contributed by atoms with Gasteiger partial charge in [0.25, 0.3) is 0 Å². The summed E-state index contributed by atoms with van der Waals surface area (Å²) in [5.74, 6) is 0. The number of nitrogens with zero attached hydrogens (tertiary/aromatic N) is 6. The predicted octanol–water partition coefficient (Wildman–Crippen LogP) is 8.68. The summed E-state index contributed by atoms with van der Waals surface area (Å²) in [6.07, 6.45) is 20.6. The summed E-state index contributed by atoms with van der Waals surface area (Å²) in [7, 11) is 0. The van der Waals surface area contributed by atoms with Crippen molar-refractivity contribution in [2.24, 2.45) is 5.41 Å². The zero-order valence-electron chi connectivity index (χ0n) is 28.5. The van der Waals surface area contributed by atoms with Crippen molar-refractivity contribution in [1.29, 1.82) is 5.26 Å². The van der Waals surface area contributed by atoms with E-state index in [1.54, 1.807) is 4.90 Å². The molecular weight excluding hydrogens is 564 g/mol. The average Bonchev–Trinajstić information content (AvgIpc) is 3.59. The Labute approximate surface area is 269 Å². The molecule has 9 heteroatoms. The van der Waals surface area contributed by atoms with Gasteiger partial charge in [0.05, 0.1) is 31.8 Å². The Morgan fingerprint density at radius 2 is 1.64 bits per heavy atom. The van der Waals surface area contributed by atoms with Crippen LogP contribution in [0, 0.1) is 16.7 Å². The highest BCUT2D eigenvalue weighted by Crippen LogP contribution is 2.36. The number of unbranched alkanes of at least 4 members (excludes halogenated alkanes) is 8. The van der Waals surface area contributed by atoms with Crippen molar-refractivity contribution < 1.29 is 14.3 Å². The molecule has 0 unspecified atom stereocenters. The molecule has 0 saturated carbocycles. The van der Waals surface area contributed by atoms with Gasteiger partial charge >= 0.3 is 6.09 Å². The molecule has 4 heterocycles. The first-order valence-corrected chi connectivity index (χ1v) is 16.8. The second-order valence-corrected chi connectivity index (χ2v) is 15.0. The smallest absolute Gasteiger partial charge is 0.410 e. The third-order valence-electron chi connectivity index (χ3n) is 8.52. The molecule has 0 radical (unpaired) electrons. The Morgan fingerprint density at radius 3 is 2.29 bits per heavy atom. The van der Waals surface area contributed by atoms with E-state index in [0.717, 1.165) is 35.2 Å². The molecule has 0 bridgehead atoms. The van der Waals surface area contributed by atoms with E-state index in [9.17, 15) is 10.1 Å². The van der Waals surface area contributed by atoms with Gasteiger partial charge < -0.3 is 18.9 Å². The summed E-state index contributed by atoms with van der Waals surface area (Å²) in [4.78, 5) is 18.8. The molecule has 45 heavy (non-hydrogen) atoms. The van der Waals surface area contributed by atoms with Crippen LogP contribution in [0.5, 0.6) is 0 Å². The Bertz CT molecular complexity index is 1410. The molecule has 0 N–H and O–H groups in total. The zero-order chi connectivity index (χ0) is 32.5. The molecule has 3 aromatic heterocycles. The summed E-state index contributed by atoms with van der Waals surface area (Å²) in [5, 5.41) is 15.2. The van der Waals surface area contributed by atoms with Crippen LogP contribution < -0.4 is 0 Å². The summed E-state index contributed by atoms with van der Waals surface area (Å²) in [6.45, 7) is 14.5. The summed E-state index contributed by atoms with van der Waals surface area (Å²) in [5.41, 5.74) is 2.17. The fourth-order valence-corrected chi connectivity index (χ4v) is 6.03. The summed E-state index contributed by atoms with van der Waals surface area (Å²) >= 11 is 0. The third-order valence-corrected chi connectivity index (χ3v) is 8.52. The summed E-state index contributed by atoms with van der Waals surface area (Å²) < 4.78 is 15.4. The van der Waals surface area contributed by atoms with Gasteiger partial charge in [0.2, 0.25) is 0 Å². The third kappa shape index (κ3) is 9.80.